The van der Waals surface area contributed by atoms with E-state index in [1.165, 1.54) is 22.5 Å². The van der Waals surface area contributed by atoms with Crippen LogP contribution in [-0.4, -0.2) is 4.57 Å². The Balaban J connectivity index is 2.39. The molecule has 0 spiro atoms. The molecule has 0 N–H and O–H groups in total. The first-order valence-electron chi connectivity index (χ1n) is 5.80. The number of aromatic nitrogens is 1. The maximum atomic E-state index is 2.38. The van der Waals surface area contributed by atoms with Crippen molar-refractivity contribution in [2.24, 2.45) is 0 Å². The summed E-state index contributed by atoms with van der Waals surface area (Å²) in [4.78, 5) is 0. The van der Waals surface area contributed by atoms with E-state index in [-0.39, 0.29) is 0 Å². The van der Waals surface area contributed by atoms with Crippen LogP contribution in [0.25, 0.3) is 0 Å². The zero-order valence-corrected chi connectivity index (χ0v) is 10.5. The van der Waals surface area contributed by atoms with Gasteiger partial charge in [-0.2, -0.15) is 0 Å². The highest BCUT2D eigenvalue weighted by Crippen LogP contribution is 2.22. The molecule has 0 aliphatic rings. The van der Waals surface area contributed by atoms with Crippen molar-refractivity contribution in [3.8, 4) is 0 Å². The van der Waals surface area contributed by atoms with Gasteiger partial charge in [0.2, 0.25) is 0 Å². The lowest BCUT2D eigenvalue weighted by Crippen LogP contribution is -2.09. The minimum Gasteiger partial charge on any atom is -0.342 e. The maximum absolute atomic E-state index is 2.38. The largest absolute Gasteiger partial charge is 0.342 e. The van der Waals surface area contributed by atoms with Gasteiger partial charge in [0.15, 0.2) is 0 Å². The van der Waals surface area contributed by atoms with Crippen LogP contribution in [0.1, 0.15) is 35.5 Å². The SMILES string of the molecule is Cc1ccc(C(C)n2c(C)ccc2C)cc1. The molecule has 2 rings (SSSR count). The van der Waals surface area contributed by atoms with Gasteiger partial charge in [-0.1, -0.05) is 29.8 Å². The minimum absolute atomic E-state index is 0.413. The van der Waals surface area contributed by atoms with Gasteiger partial charge in [0.1, 0.15) is 0 Å². The van der Waals surface area contributed by atoms with Gasteiger partial charge in [-0.15, -0.1) is 0 Å². The van der Waals surface area contributed by atoms with Crippen molar-refractivity contribution >= 4 is 0 Å². The van der Waals surface area contributed by atoms with E-state index in [1.807, 2.05) is 0 Å². The Morgan fingerprint density at radius 2 is 1.31 bits per heavy atom. The lowest BCUT2D eigenvalue weighted by Gasteiger charge is -2.19. The maximum Gasteiger partial charge on any atom is 0.0556 e. The van der Waals surface area contributed by atoms with Crippen molar-refractivity contribution in [1.29, 1.82) is 0 Å². The second-order valence-electron chi connectivity index (χ2n) is 4.57. The minimum atomic E-state index is 0.413. The van der Waals surface area contributed by atoms with Crippen LogP contribution >= 0.6 is 0 Å². The van der Waals surface area contributed by atoms with Crippen molar-refractivity contribution in [2.75, 3.05) is 0 Å². The van der Waals surface area contributed by atoms with Gasteiger partial charge in [0, 0.05) is 11.4 Å². The van der Waals surface area contributed by atoms with Crippen molar-refractivity contribution in [3.05, 3.63) is 58.9 Å². The number of aryl methyl sites for hydroxylation is 3. The van der Waals surface area contributed by atoms with Crippen LogP contribution in [0.2, 0.25) is 0 Å². The van der Waals surface area contributed by atoms with Crippen molar-refractivity contribution < 1.29 is 0 Å². The predicted octanol–water partition coefficient (Wildman–Crippen LogP) is 4.02. The van der Waals surface area contributed by atoms with E-state index < -0.39 is 0 Å². The lowest BCUT2D eigenvalue weighted by molar-refractivity contribution is 0.610. The first-order chi connectivity index (χ1) is 7.59. The first kappa shape index (κ1) is 11.0. The van der Waals surface area contributed by atoms with E-state index in [0.717, 1.165) is 0 Å². The third kappa shape index (κ3) is 1.90. The summed E-state index contributed by atoms with van der Waals surface area (Å²) in [5.41, 5.74) is 5.33. The average Bonchev–Trinajstić information content (AvgIpc) is 2.59. The van der Waals surface area contributed by atoms with E-state index >= 15 is 0 Å². The molecule has 1 aromatic carbocycles. The van der Waals surface area contributed by atoms with Crippen LogP contribution in [-0.2, 0) is 0 Å². The summed E-state index contributed by atoms with van der Waals surface area (Å²) < 4.78 is 2.38. The molecule has 0 aliphatic carbocycles. The monoisotopic (exact) mass is 213 g/mol. The van der Waals surface area contributed by atoms with Crippen LogP contribution < -0.4 is 0 Å². The van der Waals surface area contributed by atoms with Crippen molar-refractivity contribution in [1.82, 2.24) is 4.57 Å². The lowest BCUT2D eigenvalue weighted by atomic mass is 10.1. The topological polar surface area (TPSA) is 4.93 Å². The number of rotatable bonds is 2. The molecule has 0 amide bonds. The molecule has 1 nitrogen and oxygen atoms in total. The Bertz CT molecular complexity index is 457. The molecule has 1 heteroatoms. The Morgan fingerprint density at radius 1 is 0.812 bits per heavy atom. The molecule has 84 valence electrons. The highest BCUT2D eigenvalue weighted by atomic mass is 15.0. The predicted molar refractivity (Wildman–Crippen MR) is 68.9 cm³/mol. The highest BCUT2D eigenvalue weighted by Gasteiger charge is 2.10. The molecule has 1 aromatic heterocycles. The molecule has 0 saturated heterocycles. The van der Waals surface area contributed by atoms with Crippen LogP contribution in [0.15, 0.2) is 36.4 Å². The van der Waals surface area contributed by atoms with Gasteiger partial charge >= 0.3 is 0 Å². The van der Waals surface area contributed by atoms with Gasteiger partial charge in [0.05, 0.1) is 6.04 Å². The van der Waals surface area contributed by atoms with Gasteiger partial charge < -0.3 is 4.57 Å². The van der Waals surface area contributed by atoms with E-state index in [1.54, 1.807) is 0 Å². The molecule has 0 radical (unpaired) electrons. The number of hydrogen-bond donors (Lipinski definition) is 0. The van der Waals surface area contributed by atoms with Crippen molar-refractivity contribution in [2.45, 2.75) is 33.7 Å². The van der Waals surface area contributed by atoms with Crippen LogP contribution in [0, 0.1) is 20.8 Å². The van der Waals surface area contributed by atoms with Crippen LogP contribution in [0.3, 0.4) is 0 Å². The fourth-order valence-electron chi connectivity index (χ4n) is 2.28. The molecular weight excluding hydrogens is 194 g/mol. The van der Waals surface area contributed by atoms with Gasteiger partial charge in [0.25, 0.3) is 0 Å². The summed E-state index contributed by atoms with van der Waals surface area (Å²) in [6.07, 6.45) is 0. The van der Waals surface area contributed by atoms with Crippen LogP contribution in [0.4, 0.5) is 0 Å². The fourth-order valence-corrected chi connectivity index (χ4v) is 2.28. The summed E-state index contributed by atoms with van der Waals surface area (Å²) in [5, 5.41) is 0. The Hall–Kier alpha value is -1.50. The van der Waals surface area contributed by atoms with E-state index in [2.05, 4.69) is 68.7 Å². The third-order valence-electron chi connectivity index (χ3n) is 3.27. The number of benzene rings is 1. The zero-order chi connectivity index (χ0) is 11.7. The van der Waals surface area contributed by atoms with Gasteiger partial charge in [-0.05, 0) is 45.4 Å². The molecule has 0 fully saturated rings. The smallest absolute Gasteiger partial charge is 0.0556 e. The number of hydrogen-bond acceptors (Lipinski definition) is 0. The normalized spacial score (nSPS) is 12.8. The molecule has 2 aromatic rings. The van der Waals surface area contributed by atoms with Gasteiger partial charge in [-0.3, -0.25) is 0 Å². The van der Waals surface area contributed by atoms with E-state index in [4.69, 9.17) is 0 Å². The summed E-state index contributed by atoms with van der Waals surface area (Å²) in [7, 11) is 0. The Kier molecular flexibility index (Phi) is 2.86. The standard InChI is InChI=1S/C15H19N/c1-11-5-9-15(10-6-11)14(4)16-12(2)7-8-13(16)3/h5-10,14H,1-4H3. The number of nitrogens with zero attached hydrogens (tertiary/aromatic N) is 1. The summed E-state index contributed by atoms with van der Waals surface area (Å²) in [6, 6.07) is 13.6. The first-order valence-corrected chi connectivity index (χ1v) is 5.80. The quantitative estimate of drug-likeness (QED) is 0.710. The molecule has 16 heavy (non-hydrogen) atoms. The summed E-state index contributed by atoms with van der Waals surface area (Å²) in [6.45, 7) is 8.71. The summed E-state index contributed by atoms with van der Waals surface area (Å²) >= 11 is 0. The average molecular weight is 213 g/mol. The molecule has 0 bridgehead atoms. The van der Waals surface area contributed by atoms with Crippen LogP contribution in [0.5, 0.6) is 0 Å². The fraction of sp³-hybridized carbons (Fsp3) is 0.333. The second-order valence-corrected chi connectivity index (χ2v) is 4.57. The molecule has 1 heterocycles. The highest BCUT2D eigenvalue weighted by molar-refractivity contribution is 5.27. The van der Waals surface area contributed by atoms with E-state index in [9.17, 15) is 0 Å². The Morgan fingerprint density at radius 3 is 1.81 bits per heavy atom. The molecular formula is C15H19N. The Labute approximate surface area is 97.7 Å². The second kappa shape index (κ2) is 4.17. The van der Waals surface area contributed by atoms with E-state index in [0.29, 0.717) is 6.04 Å². The molecule has 1 unspecified atom stereocenters. The molecule has 1 atom stereocenters. The third-order valence-corrected chi connectivity index (χ3v) is 3.27. The van der Waals surface area contributed by atoms with Gasteiger partial charge in [-0.25, -0.2) is 0 Å². The zero-order valence-electron chi connectivity index (χ0n) is 10.5. The molecule has 0 aliphatic heterocycles. The summed E-state index contributed by atoms with van der Waals surface area (Å²) in [5.74, 6) is 0. The molecule has 0 saturated carbocycles. The van der Waals surface area contributed by atoms with Crippen molar-refractivity contribution in [3.63, 3.8) is 0 Å².